The third-order valence-electron chi connectivity index (χ3n) is 3.22. The summed E-state index contributed by atoms with van der Waals surface area (Å²) in [5.41, 5.74) is 3.32. The molecule has 0 bridgehead atoms. The van der Waals surface area contributed by atoms with Crippen LogP contribution < -0.4 is 5.32 Å². The van der Waals surface area contributed by atoms with E-state index in [1.54, 1.807) is 12.4 Å². The molecule has 0 amide bonds. The van der Waals surface area contributed by atoms with Crippen molar-refractivity contribution in [2.24, 2.45) is 0 Å². The Hall–Kier alpha value is -2.63. The van der Waals surface area contributed by atoms with Crippen molar-refractivity contribution in [3.8, 4) is 5.75 Å². The number of nitrogens with zero attached hydrogens (tertiary/aromatic N) is 3. The summed E-state index contributed by atoms with van der Waals surface area (Å²) in [5, 5.41) is 13.2. The Balaban J connectivity index is 1.81. The van der Waals surface area contributed by atoms with Crippen LogP contribution in [0.2, 0.25) is 0 Å². The molecule has 0 aliphatic rings. The predicted octanol–water partition coefficient (Wildman–Crippen LogP) is 2.23. The predicted molar refractivity (Wildman–Crippen MR) is 76.5 cm³/mol. The molecule has 3 aromatic rings. The van der Waals surface area contributed by atoms with Gasteiger partial charge in [-0.05, 0) is 18.1 Å². The fourth-order valence-electron chi connectivity index (χ4n) is 2.05. The van der Waals surface area contributed by atoms with Crippen LogP contribution in [0.5, 0.6) is 5.75 Å². The van der Waals surface area contributed by atoms with Gasteiger partial charge < -0.3 is 15.4 Å². The molecular formula is C14H15N5O. The number of phenols is 1. The minimum absolute atomic E-state index is 0.296. The minimum Gasteiger partial charge on any atom is -0.508 e. The number of hydrogen-bond acceptors (Lipinski definition) is 5. The summed E-state index contributed by atoms with van der Waals surface area (Å²) in [6.45, 7) is 2.54. The maximum atomic E-state index is 9.98. The average Bonchev–Trinajstić information content (AvgIpc) is 2.95. The first-order valence-electron chi connectivity index (χ1n) is 6.46. The van der Waals surface area contributed by atoms with Crippen LogP contribution >= 0.6 is 0 Å². The van der Waals surface area contributed by atoms with Crippen molar-refractivity contribution in [2.75, 3.05) is 5.32 Å². The average molecular weight is 269 g/mol. The van der Waals surface area contributed by atoms with Gasteiger partial charge in [0.05, 0.1) is 6.33 Å². The molecule has 0 atom stereocenters. The molecule has 102 valence electrons. The Morgan fingerprint density at radius 2 is 2.15 bits per heavy atom. The Kier molecular flexibility index (Phi) is 3.20. The van der Waals surface area contributed by atoms with Gasteiger partial charge in [-0.25, -0.2) is 15.0 Å². The van der Waals surface area contributed by atoms with E-state index in [2.05, 4.69) is 32.2 Å². The zero-order valence-electron chi connectivity index (χ0n) is 11.1. The number of rotatable bonds is 4. The van der Waals surface area contributed by atoms with E-state index in [0.717, 1.165) is 17.5 Å². The monoisotopic (exact) mass is 269 g/mol. The van der Waals surface area contributed by atoms with Crippen LogP contribution in [-0.2, 0) is 13.0 Å². The number of aryl methyl sites for hydroxylation is 1. The standard InChI is InChI=1S/C14H15N5O/c1-2-9-3-4-10(11(20)5-9)6-15-13-12-14(17-7-16-12)19-8-18-13/h3-5,7-8,20H,2,6H2,1H3,(H2,15,16,17,18,19). The number of H-pyrrole nitrogens is 1. The van der Waals surface area contributed by atoms with Crippen LogP contribution in [0.4, 0.5) is 5.82 Å². The van der Waals surface area contributed by atoms with E-state index in [-0.39, 0.29) is 0 Å². The fraction of sp³-hybridized carbons (Fsp3) is 0.214. The highest BCUT2D eigenvalue weighted by Gasteiger charge is 2.07. The second-order valence-electron chi connectivity index (χ2n) is 4.49. The first-order chi connectivity index (χ1) is 9.78. The highest BCUT2D eigenvalue weighted by atomic mass is 16.3. The fourth-order valence-corrected chi connectivity index (χ4v) is 2.05. The molecule has 3 rings (SSSR count). The third-order valence-corrected chi connectivity index (χ3v) is 3.22. The van der Waals surface area contributed by atoms with Crippen LogP contribution in [0.1, 0.15) is 18.1 Å². The highest BCUT2D eigenvalue weighted by molar-refractivity contribution is 5.81. The van der Waals surface area contributed by atoms with Crippen LogP contribution in [-0.4, -0.2) is 25.0 Å². The lowest BCUT2D eigenvalue weighted by molar-refractivity contribution is 0.468. The van der Waals surface area contributed by atoms with Gasteiger partial charge in [-0.15, -0.1) is 0 Å². The minimum atomic E-state index is 0.296. The Morgan fingerprint density at radius 1 is 1.25 bits per heavy atom. The van der Waals surface area contributed by atoms with Crippen molar-refractivity contribution >= 4 is 17.0 Å². The summed E-state index contributed by atoms with van der Waals surface area (Å²) in [5.74, 6) is 0.944. The molecule has 0 fully saturated rings. The van der Waals surface area contributed by atoms with E-state index < -0.39 is 0 Å². The smallest absolute Gasteiger partial charge is 0.162 e. The van der Waals surface area contributed by atoms with E-state index in [1.165, 1.54) is 6.33 Å². The van der Waals surface area contributed by atoms with E-state index >= 15 is 0 Å². The van der Waals surface area contributed by atoms with Gasteiger partial charge in [-0.1, -0.05) is 19.1 Å². The summed E-state index contributed by atoms with van der Waals surface area (Å²) in [6, 6.07) is 5.73. The summed E-state index contributed by atoms with van der Waals surface area (Å²) in [6.07, 6.45) is 3.96. The molecule has 0 spiro atoms. The van der Waals surface area contributed by atoms with Crippen molar-refractivity contribution in [2.45, 2.75) is 19.9 Å². The lowest BCUT2D eigenvalue weighted by atomic mass is 10.1. The largest absolute Gasteiger partial charge is 0.508 e. The molecule has 6 nitrogen and oxygen atoms in total. The Bertz CT molecular complexity index is 737. The zero-order valence-corrected chi connectivity index (χ0v) is 11.1. The van der Waals surface area contributed by atoms with Gasteiger partial charge >= 0.3 is 0 Å². The first-order valence-corrected chi connectivity index (χ1v) is 6.46. The van der Waals surface area contributed by atoms with Gasteiger partial charge in [-0.3, -0.25) is 0 Å². The molecule has 1 aromatic carbocycles. The third kappa shape index (κ3) is 2.27. The molecule has 0 aliphatic heterocycles. The molecule has 0 aliphatic carbocycles. The van der Waals surface area contributed by atoms with Gasteiger partial charge in [-0.2, -0.15) is 0 Å². The van der Waals surface area contributed by atoms with Crippen LogP contribution in [0.25, 0.3) is 11.2 Å². The molecule has 0 unspecified atom stereocenters. The summed E-state index contributed by atoms with van der Waals surface area (Å²) >= 11 is 0. The number of phenolic OH excluding ortho intramolecular Hbond substituents is 1. The van der Waals surface area contributed by atoms with Crippen molar-refractivity contribution in [1.29, 1.82) is 0 Å². The van der Waals surface area contributed by atoms with E-state index in [4.69, 9.17) is 0 Å². The first kappa shape index (κ1) is 12.4. The van der Waals surface area contributed by atoms with Gasteiger partial charge in [0.1, 0.15) is 17.6 Å². The number of aromatic hydroxyl groups is 1. The van der Waals surface area contributed by atoms with Crippen LogP contribution in [0, 0.1) is 0 Å². The summed E-state index contributed by atoms with van der Waals surface area (Å²) in [4.78, 5) is 15.4. The van der Waals surface area contributed by atoms with Crippen molar-refractivity contribution in [3.63, 3.8) is 0 Å². The molecule has 0 radical (unpaired) electrons. The Labute approximate surface area is 115 Å². The number of hydrogen-bond donors (Lipinski definition) is 3. The number of benzene rings is 1. The van der Waals surface area contributed by atoms with Gasteiger partial charge in [0.25, 0.3) is 0 Å². The van der Waals surface area contributed by atoms with Gasteiger partial charge in [0, 0.05) is 12.1 Å². The normalized spacial score (nSPS) is 10.8. The molecule has 3 N–H and O–H groups in total. The maximum Gasteiger partial charge on any atom is 0.162 e. The molecule has 20 heavy (non-hydrogen) atoms. The molecule has 6 heteroatoms. The number of anilines is 1. The molecule has 0 saturated heterocycles. The Morgan fingerprint density at radius 3 is 2.95 bits per heavy atom. The number of nitrogens with one attached hydrogen (secondary N) is 2. The highest BCUT2D eigenvalue weighted by Crippen LogP contribution is 2.21. The number of imidazole rings is 1. The van der Waals surface area contributed by atoms with E-state index in [9.17, 15) is 5.11 Å². The van der Waals surface area contributed by atoms with E-state index in [0.29, 0.717) is 29.3 Å². The second kappa shape index (κ2) is 5.16. The van der Waals surface area contributed by atoms with Crippen LogP contribution in [0.15, 0.2) is 30.9 Å². The quantitative estimate of drug-likeness (QED) is 0.676. The van der Waals surface area contributed by atoms with Crippen molar-refractivity contribution in [1.82, 2.24) is 19.9 Å². The SMILES string of the molecule is CCc1ccc(CNc2ncnc3[nH]cnc23)c(O)c1. The van der Waals surface area contributed by atoms with Gasteiger partial charge in [0.2, 0.25) is 0 Å². The summed E-state index contributed by atoms with van der Waals surface area (Å²) < 4.78 is 0. The lowest BCUT2D eigenvalue weighted by Crippen LogP contribution is -2.03. The zero-order chi connectivity index (χ0) is 13.9. The second-order valence-corrected chi connectivity index (χ2v) is 4.49. The van der Waals surface area contributed by atoms with Crippen molar-refractivity contribution in [3.05, 3.63) is 42.0 Å². The number of aromatic amines is 1. The number of aromatic nitrogens is 4. The molecule has 2 aromatic heterocycles. The molecule has 0 saturated carbocycles. The van der Waals surface area contributed by atoms with E-state index in [1.807, 2.05) is 12.1 Å². The van der Waals surface area contributed by atoms with Gasteiger partial charge in [0.15, 0.2) is 11.5 Å². The molecule has 2 heterocycles. The van der Waals surface area contributed by atoms with Crippen molar-refractivity contribution < 1.29 is 5.11 Å². The topological polar surface area (TPSA) is 86.7 Å². The van der Waals surface area contributed by atoms with Crippen LogP contribution in [0.3, 0.4) is 0 Å². The molecular weight excluding hydrogens is 254 g/mol. The number of fused-ring (bicyclic) bond motifs is 1. The summed E-state index contributed by atoms with van der Waals surface area (Å²) in [7, 11) is 0. The maximum absolute atomic E-state index is 9.98. The lowest BCUT2D eigenvalue weighted by Gasteiger charge is -2.08.